The molecular formula is C26H29FN2O3. The maximum absolute atomic E-state index is 13.9. The monoisotopic (exact) mass is 436 g/mol. The van der Waals surface area contributed by atoms with E-state index in [9.17, 15) is 9.18 Å². The Morgan fingerprint density at radius 2 is 1.91 bits per heavy atom. The van der Waals surface area contributed by atoms with E-state index in [1.807, 2.05) is 57.2 Å². The predicted molar refractivity (Wildman–Crippen MR) is 123 cm³/mol. The molecular weight excluding hydrogens is 407 g/mol. The Morgan fingerprint density at radius 1 is 1.09 bits per heavy atom. The number of halogens is 1. The number of hydrogen-bond acceptors (Lipinski definition) is 4. The number of benzene rings is 2. The zero-order valence-corrected chi connectivity index (χ0v) is 18.7. The first-order valence-corrected chi connectivity index (χ1v) is 10.8. The van der Waals surface area contributed by atoms with Gasteiger partial charge in [0.15, 0.2) is 0 Å². The van der Waals surface area contributed by atoms with Crippen LogP contribution in [0, 0.1) is 11.7 Å². The standard InChI is InChI=1S/C26H29FN2O3/c1-4-31-25-8-6-5-7-24(25)20-9-10-22(28-16-20)14-26(30)29-15-19-11-21(27)13-23(12-19)32-17-18(2)3/h5-13,16,18H,4,14-15,17H2,1-3H3,(H,29,30). The number of para-hydroxylation sites is 1. The van der Waals surface area contributed by atoms with Crippen LogP contribution in [0.4, 0.5) is 4.39 Å². The number of ether oxygens (including phenoxy) is 2. The molecule has 0 atom stereocenters. The molecule has 0 aliphatic carbocycles. The van der Waals surface area contributed by atoms with Crippen LogP contribution in [-0.4, -0.2) is 24.1 Å². The number of nitrogens with one attached hydrogen (secondary N) is 1. The number of nitrogens with zero attached hydrogens (tertiary/aromatic N) is 1. The van der Waals surface area contributed by atoms with E-state index in [0.717, 1.165) is 16.9 Å². The largest absolute Gasteiger partial charge is 0.493 e. The second-order valence-corrected chi connectivity index (χ2v) is 7.92. The highest BCUT2D eigenvalue weighted by atomic mass is 19.1. The maximum Gasteiger partial charge on any atom is 0.226 e. The highest BCUT2D eigenvalue weighted by molar-refractivity contribution is 5.78. The molecule has 3 aromatic rings. The van der Waals surface area contributed by atoms with Gasteiger partial charge in [0.05, 0.1) is 19.6 Å². The Bertz CT molecular complexity index is 1040. The van der Waals surface area contributed by atoms with E-state index < -0.39 is 0 Å². The van der Waals surface area contributed by atoms with Crippen LogP contribution in [0.25, 0.3) is 11.1 Å². The Morgan fingerprint density at radius 3 is 2.62 bits per heavy atom. The van der Waals surface area contributed by atoms with Gasteiger partial charge < -0.3 is 14.8 Å². The molecule has 0 saturated heterocycles. The number of aromatic nitrogens is 1. The molecule has 5 nitrogen and oxygen atoms in total. The highest BCUT2D eigenvalue weighted by Gasteiger charge is 2.09. The number of hydrogen-bond donors (Lipinski definition) is 1. The van der Waals surface area contributed by atoms with Gasteiger partial charge in [0.1, 0.15) is 17.3 Å². The Balaban J connectivity index is 1.58. The van der Waals surface area contributed by atoms with Crippen molar-refractivity contribution in [3.05, 3.63) is 77.9 Å². The summed E-state index contributed by atoms with van der Waals surface area (Å²) in [6.45, 7) is 7.30. The van der Waals surface area contributed by atoms with Crippen molar-refractivity contribution in [2.45, 2.75) is 33.7 Å². The SMILES string of the molecule is CCOc1ccccc1-c1ccc(CC(=O)NCc2cc(F)cc(OCC(C)C)c2)nc1. The third-order valence-corrected chi connectivity index (χ3v) is 4.67. The fourth-order valence-corrected chi connectivity index (χ4v) is 3.17. The minimum atomic E-state index is -0.389. The second kappa shape index (κ2) is 11.3. The fraction of sp³-hybridized carbons (Fsp3) is 0.308. The van der Waals surface area contributed by atoms with Gasteiger partial charge in [0, 0.05) is 35.6 Å². The lowest BCUT2D eigenvalue weighted by Gasteiger charge is -2.11. The number of rotatable bonds is 10. The van der Waals surface area contributed by atoms with E-state index in [2.05, 4.69) is 10.3 Å². The fourth-order valence-electron chi connectivity index (χ4n) is 3.17. The molecule has 3 rings (SSSR count). The molecule has 32 heavy (non-hydrogen) atoms. The third-order valence-electron chi connectivity index (χ3n) is 4.67. The van der Waals surface area contributed by atoms with Gasteiger partial charge in [-0.3, -0.25) is 9.78 Å². The Kier molecular flexibility index (Phi) is 8.20. The molecule has 0 unspecified atom stereocenters. The van der Waals surface area contributed by atoms with Gasteiger partial charge in [-0.1, -0.05) is 38.1 Å². The lowest BCUT2D eigenvalue weighted by atomic mass is 10.1. The summed E-state index contributed by atoms with van der Waals surface area (Å²) in [6.07, 6.45) is 1.88. The molecule has 1 heterocycles. The summed E-state index contributed by atoms with van der Waals surface area (Å²) in [7, 11) is 0. The predicted octanol–water partition coefficient (Wildman–Crippen LogP) is 5.18. The molecule has 0 fully saturated rings. The van der Waals surface area contributed by atoms with E-state index in [1.54, 1.807) is 12.3 Å². The van der Waals surface area contributed by atoms with Crippen LogP contribution in [0.3, 0.4) is 0 Å². The number of carbonyl (C=O) groups is 1. The third kappa shape index (κ3) is 6.80. The van der Waals surface area contributed by atoms with Crippen molar-refractivity contribution in [2.75, 3.05) is 13.2 Å². The van der Waals surface area contributed by atoms with Crippen molar-refractivity contribution in [1.82, 2.24) is 10.3 Å². The number of amides is 1. The quantitative estimate of drug-likeness (QED) is 0.476. The molecule has 0 aliphatic rings. The molecule has 0 saturated carbocycles. The summed E-state index contributed by atoms with van der Waals surface area (Å²) in [6, 6.07) is 16.0. The molecule has 1 amide bonds. The molecule has 1 N–H and O–H groups in total. The van der Waals surface area contributed by atoms with E-state index in [1.165, 1.54) is 12.1 Å². The number of carbonyl (C=O) groups excluding carboxylic acids is 1. The first-order valence-electron chi connectivity index (χ1n) is 10.8. The van der Waals surface area contributed by atoms with Crippen LogP contribution in [-0.2, 0) is 17.8 Å². The second-order valence-electron chi connectivity index (χ2n) is 7.92. The van der Waals surface area contributed by atoms with Crippen LogP contribution in [0.2, 0.25) is 0 Å². The maximum atomic E-state index is 13.9. The van der Waals surface area contributed by atoms with Gasteiger partial charge in [0.2, 0.25) is 5.91 Å². The van der Waals surface area contributed by atoms with E-state index in [0.29, 0.717) is 36.1 Å². The molecule has 6 heteroatoms. The normalized spacial score (nSPS) is 10.8. The summed E-state index contributed by atoms with van der Waals surface area (Å²) in [5.74, 6) is 1.03. The molecule has 168 valence electrons. The van der Waals surface area contributed by atoms with Crippen molar-refractivity contribution in [3.8, 4) is 22.6 Å². The van der Waals surface area contributed by atoms with E-state index >= 15 is 0 Å². The molecule has 2 aromatic carbocycles. The summed E-state index contributed by atoms with van der Waals surface area (Å²) < 4.78 is 25.1. The molecule has 0 spiro atoms. The van der Waals surface area contributed by atoms with Crippen molar-refractivity contribution in [2.24, 2.45) is 5.92 Å². The molecule has 0 bridgehead atoms. The average Bonchev–Trinajstić information content (AvgIpc) is 2.77. The molecule has 1 aromatic heterocycles. The highest BCUT2D eigenvalue weighted by Crippen LogP contribution is 2.29. The molecule has 0 aliphatic heterocycles. The first kappa shape index (κ1) is 23.3. The summed E-state index contributed by atoms with van der Waals surface area (Å²) >= 11 is 0. The summed E-state index contributed by atoms with van der Waals surface area (Å²) in [5.41, 5.74) is 3.18. The van der Waals surface area contributed by atoms with E-state index in [4.69, 9.17) is 9.47 Å². The van der Waals surface area contributed by atoms with Crippen molar-refractivity contribution in [1.29, 1.82) is 0 Å². The summed E-state index contributed by atoms with van der Waals surface area (Å²) in [4.78, 5) is 16.8. The van der Waals surface area contributed by atoms with Crippen molar-refractivity contribution >= 4 is 5.91 Å². The lowest BCUT2D eigenvalue weighted by Crippen LogP contribution is -2.25. The topological polar surface area (TPSA) is 60.5 Å². The van der Waals surface area contributed by atoms with Gasteiger partial charge >= 0.3 is 0 Å². The zero-order chi connectivity index (χ0) is 22.9. The Labute approximate surface area is 188 Å². The van der Waals surface area contributed by atoms with E-state index in [-0.39, 0.29) is 24.7 Å². The van der Waals surface area contributed by atoms with Gasteiger partial charge in [-0.2, -0.15) is 0 Å². The Hall–Kier alpha value is -3.41. The van der Waals surface area contributed by atoms with Gasteiger partial charge in [0.25, 0.3) is 0 Å². The van der Waals surface area contributed by atoms with Gasteiger partial charge in [-0.15, -0.1) is 0 Å². The van der Waals surface area contributed by atoms with Crippen molar-refractivity contribution < 1.29 is 18.7 Å². The van der Waals surface area contributed by atoms with Crippen LogP contribution in [0.5, 0.6) is 11.5 Å². The van der Waals surface area contributed by atoms with Crippen LogP contribution in [0.1, 0.15) is 32.0 Å². The average molecular weight is 437 g/mol. The minimum Gasteiger partial charge on any atom is -0.493 e. The van der Waals surface area contributed by atoms with Gasteiger partial charge in [-0.25, -0.2) is 4.39 Å². The van der Waals surface area contributed by atoms with Gasteiger partial charge in [-0.05, 0) is 42.7 Å². The van der Waals surface area contributed by atoms with Crippen LogP contribution < -0.4 is 14.8 Å². The molecule has 0 radical (unpaired) electrons. The van der Waals surface area contributed by atoms with Crippen LogP contribution in [0.15, 0.2) is 60.8 Å². The minimum absolute atomic E-state index is 0.138. The first-order chi connectivity index (χ1) is 15.4. The van der Waals surface area contributed by atoms with Crippen LogP contribution >= 0.6 is 0 Å². The lowest BCUT2D eigenvalue weighted by molar-refractivity contribution is -0.120. The zero-order valence-electron chi connectivity index (χ0n) is 18.7. The van der Waals surface area contributed by atoms with Crippen molar-refractivity contribution in [3.63, 3.8) is 0 Å². The number of pyridine rings is 1. The smallest absolute Gasteiger partial charge is 0.226 e. The summed E-state index contributed by atoms with van der Waals surface area (Å²) in [5, 5.41) is 2.82.